The minimum atomic E-state index is -0.413. The second-order valence-corrected chi connectivity index (χ2v) is 6.16. The van der Waals surface area contributed by atoms with Gasteiger partial charge in [-0.25, -0.2) is 4.79 Å². The van der Waals surface area contributed by atoms with E-state index >= 15 is 0 Å². The van der Waals surface area contributed by atoms with Gasteiger partial charge in [0.2, 0.25) is 5.91 Å². The Kier molecular flexibility index (Phi) is 5.21. The van der Waals surface area contributed by atoms with Gasteiger partial charge < -0.3 is 9.64 Å². The zero-order chi connectivity index (χ0) is 14.5. The Balaban J connectivity index is 1.90. The van der Waals surface area contributed by atoms with Crippen molar-refractivity contribution in [1.82, 2.24) is 4.90 Å². The van der Waals surface area contributed by atoms with E-state index < -0.39 is 6.04 Å². The lowest BCUT2D eigenvalue weighted by molar-refractivity contribution is -0.157. The molecular weight excluding hydrogens is 254 g/mol. The summed E-state index contributed by atoms with van der Waals surface area (Å²) in [5, 5.41) is 0. The number of ether oxygens (including phenoxy) is 1. The summed E-state index contributed by atoms with van der Waals surface area (Å²) in [5.41, 5.74) is 0. The average Bonchev–Trinajstić information content (AvgIpc) is 2.84. The maximum Gasteiger partial charge on any atom is 0.329 e. The van der Waals surface area contributed by atoms with Crippen molar-refractivity contribution in [2.75, 3.05) is 13.2 Å². The molecule has 1 heterocycles. The molecule has 0 saturated carbocycles. The van der Waals surface area contributed by atoms with Crippen molar-refractivity contribution in [2.45, 2.75) is 52.0 Å². The van der Waals surface area contributed by atoms with Crippen molar-refractivity contribution in [3.63, 3.8) is 0 Å². The summed E-state index contributed by atoms with van der Waals surface area (Å²) in [7, 11) is 0. The Morgan fingerprint density at radius 1 is 1.45 bits per heavy atom. The van der Waals surface area contributed by atoms with Crippen molar-refractivity contribution >= 4 is 11.9 Å². The van der Waals surface area contributed by atoms with Crippen molar-refractivity contribution in [3.8, 4) is 0 Å². The molecule has 112 valence electrons. The Hall–Kier alpha value is -1.32. The quantitative estimate of drug-likeness (QED) is 0.574. The van der Waals surface area contributed by atoms with Gasteiger partial charge in [-0.1, -0.05) is 26.0 Å². The molecule has 0 bridgehead atoms. The molecule has 1 aliphatic carbocycles. The van der Waals surface area contributed by atoms with Crippen molar-refractivity contribution < 1.29 is 14.3 Å². The van der Waals surface area contributed by atoms with Crippen molar-refractivity contribution in [1.29, 1.82) is 0 Å². The number of carbonyl (C=O) groups excluding carboxylic acids is 2. The van der Waals surface area contributed by atoms with Crippen molar-refractivity contribution in [3.05, 3.63) is 12.2 Å². The first-order valence-electron chi connectivity index (χ1n) is 7.70. The monoisotopic (exact) mass is 279 g/mol. The number of likely N-dealkylation sites (tertiary alicyclic amines) is 1. The number of esters is 1. The van der Waals surface area contributed by atoms with E-state index in [2.05, 4.69) is 12.2 Å². The SMILES string of the molecule is CC(C)[C@@H](C(=O)OC[C@@H]1CC=CCC1)N1CCCC1=O. The van der Waals surface area contributed by atoms with Crippen LogP contribution in [-0.4, -0.2) is 36.0 Å². The number of rotatable bonds is 5. The molecule has 20 heavy (non-hydrogen) atoms. The highest BCUT2D eigenvalue weighted by molar-refractivity contribution is 5.86. The topological polar surface area (TPSA) is 46.6 Å². The lowest BCUT2D eigenvalue weighted by Gasteiger charge is -2.29. The van der Waals surface area contributed by atoms with Crippen molar-refractivity contribution in [2.24, 2.45) is 11.8 Å². The molecule has 0 aromatic carbocycles. The molecule has 1 aliphatic heterocycles. The molecule has 4 heteroatoms. The van der Waals surface area contributed by atoms with E-state index in [1.165, 1.54) is 0 Å². The van der Waals surface area contributed by atoms with Crippen LogP contribution < -0.4 is 0 Å². The number of carbonyl (C=O) groups is 2. The van der Waals surface area contributed by atoms with Crippen LogP contribution in [0.3, 0.4) is 0 Å². The summed E-state index contributed by atoms with van der Waals surface area (Å²) in [6.07, 6.45) is 8.89. The molecule has 1 saturated heterocycles. The van der Waals surface area contributed by atoms with Crippen LogP contribution in [0.25, 0.3) is 0 Å². The Labute approximate surface area is 121 Å². The zero-order valence-electron chi connectivity index (χ0n) is 12.5. The van der Waals surface area contributed by atoms with Gasteiger partial charge in [0.25, 0.3) is 0 Å². The number of hydrogen-bond acceptors (Lipinski definition) is 3. The second-order valence-electron chi connectivity index (χ2n) is 6.16. The number of amides is 1. The normalized spacial score (nSPS) is 24.2. The molecule has 4 nitrogen and oxygen atoms in total. The molecular formula is C16H25NO3. The van der Waals surface area contributed by atoms with E-state index in [1.54, 1.807) is 4.90 Å². The fraction of sp³-hybridized carbons (Fsp3) is 0.750. The predicted octanol–water partition coefficient (Wildman–Crippen LogP) is 2.53. The number of hydrogen-bond donors (Lipinski definition) is 0. The number of nitrogens with zero attached hydrogens (tertiary/aromatic N) is 1. The zero-order valence-corrected chi connectivity index (χ0v) is 12.5. The van der Waals surface area contributed by atoms with Crippen LogP contribution >= 0.6 is 0 Å². The summed E-state index contributed by atoms with van der Waals surface area (Å²) < 4.78 is 5.50. The molecule has 1 fully saturated rings. The predicted molar refractivity (Wildman–Crippen MR) is 77.0 cm³/mol. The molecule has 0 radical (unpaired) electrons. The van der Waals surface area contributed by atoms with E-state index in [9.17, 15) is 9.59 Å². The Morgan fingerprint density at radius 2 is 2.25 bits per heavy atom. The second kappa shape index (κ2) is 6.91. The molecule has 2 rings (SSSR count). The van der Waals surface area contributed by atoms with Gasteiger partial charge >= 0.3 is 5.97 Å². The van der Waals surface area contributed by atoms with Gasteiger partial charge in [0.05, 0.1) is 6.61 Å². The minimum absolute atomic E-state index is 0.0845. The molecule has 2 atom stereocenters. The van der Waals surface area contributed by atoms with Crippen LogP contribution in [0.4, 0.5) is 0 Å². The largest absolute Gasteiger partial charge is 0.464 e. The fourth-order valence-electron chi connectivity index (χ4n) is 3.02. The average molecular weight is 279 g/mol. The van der Waals surface area contributed by atoms with Gasteiger partial charge in [-0.3, -0.25) is 4.79 Å². The van der Waals surface area contributed by atoms with Gasteiger partial charge in [-0.15, -0.1) is 0 Å². The summed E-state index contributed by atoms with van der Waals surface area (Å²) in [5.74, 6) is 0.382. The fourth-order valence-corrected chi connectivity index (χ4v) is 3.02. The summed E-state index contributed by atoms with van der Waals surface area (Å²) in [6.45, 7) is 5.11. The third-order valence-corrected chi connectivity index (χ3v) is 4.16. The van der Waals surface area contributed by atoms with Crippen LogP contribution in [0.1, 0.15) is 46.0 Å². The first kappa shape index (κ1) is 15.1. The maximum absolute atomic E-state index is 12.3. The molecule has 0 unspecified atom stereocenters. The molecule has 0 aromatic heterocycles. The van der Waals surface area contributed by atoms with Gasteiger partial charge in [0.1, 0.15) is 6.04 Å². The Morgan fingerprint density at radius 3 is 2.80 bits per heavy atom. The Bertz CT molecular complexity index is 389. The summed E-state index contributed by atoms with van der Waals surface area (Å²) in [4.78, 5) is 25.9. The van der Waals surface area contributed by atoms with Crippen LogP contribution in [-0.2, 0) is 14.3 Å². The van der Waals surface area contributed by atoms with Gasteiger partial charge in [-0.2, -0.15) is 0 Å². The standard InChI is InChI=1S/C16H25NO3/c1-12(2)15(17-10-6-9-14(17)18)16(19)20-11-13-7-4-3-5-8-13/h3-4,12-13,15H,5-11H2,1-2H3/t13-,15+/m1/s1. The van der Waals surface area contributed by atoms with Crippen LogP contribution in [0.2, 0.25) is 0 Å². The van der Waals surface area contributed by atoms with E-state index in [0.717, 1.165) is 25.7 Å². The van der Waals surface area contributed by atoms with E-state index in [1.807, 2.05) is 13.8 Å². The molecule has 2 aliphatic rings. The summed E-state index contributed by atoms with van der Waals surface area (Å²) >= 11 is 0. The molecule has 0 aromatic rings. The van der Waals surface area contributed by atoms with Crippen LogP contribution in [0.5, 0.6) is 0 Å². The third-order valence-electron chi connectivity index (χ3n) is 4.16. The minimum Gasteiger partial charge on any atom is -0.464 e. The number of allylic oxidation sites excluding steroid dienone is 2. The smallest absolute Gasteiger partial charge is 0.329 e. The van der Waals surface area contributed by atoms with Gasteiger partial charge in [0, 0.05) is 13.0 Å². The highest BCUT2D eigenvalue weighted by Crippen LogP contribution is 2.22. The molecule has 0 spiro atoms. The maximum atomic E-state index is 12.3. The van der Waals surface area contributed by atoms with Gasteiger partial charge in [0.15, 0.2) is 0 Å². The lowest BCUT2D eigenvalue weighted by Crippen LogP contribution is -2.46. The highest BCUT2D eigenvalue weighted by atomic mass is 16.5. The van der Waals surface area contributed by atoms with E-state index in [4.69, 9.17) is 4.74 Å². The summed E-state index contributed by atoms with van der Waals surface area (Å²) in [6, 6.07) is -0.413. The van der Waals surface area contributed by atoms with Crippen LogP contribution in [0, 0.1) is 11.8 Å². The highest BCUT2D eigenvalue weighted by Gasteiger charge is 2.36. The van der Waals surface area contributed by atoms with E-state index in [0.29, 0.717) is 25.5 Å². The molecule has 0 N–H and O–H groups in total. The molecule has 1 amide bonds. The van der Waals surface area contributed by atoms with E-state index in [-0.39, 0.29) is 17.8 Å². The van der Waals surface area contributed by atoms with Gasteiger partial charge in [-0.05, 0) is 37.5 Å². The first-order valence-corrected chi connectivity index (χ1v) is 7.70. The first-order chi connectivity index (χ1) is 9.59. The van der Waals surface area contributed by atoms with Crippen LogP contribution in [0.15, 0.2) is 12.2 Å². The lowest BCUT2D eigenvalue weighted by atomic mass is 9.95. The third kappa shape index (κ3) is 3.62.